The van der Waals surface area contributed by atoms with E-state index in [-0.39, 0.29) is 0 Å². The van der Waals surface area contributed by atoms with Gasteiger partial charge < -0.3 is 9.15 Å². The Morgan fingerprint density at radius 2 is 1.52 bits per heavy atom. The zero-order chi connectivity index (χ0) is 14.8. The molecule has 0 bridgehead atoms. The number of methoxy groups -OCH3 is 1. The van der Waals surface area contributed by atoms with Crippen LogP contribution in [0.1, 0.15) is 0 Å². The van der Waals surface area contributed by atoms with Gasteiger partial charge in [-0.3, -0.25) is 0 Å². The smallest absolute Gasteiger partial charge is 0.248 e. The molecule has 1 aromatic heterocycles. The van der Waals surface area contributed by atoms with Crippen molar-refractivity contribution >= 4 is 31.9 Å². The third kappa shape index (κ3) is 3.01. The minimum atomic E-state index is 0.469. The Morgan fingerprint density at radius 3 is 2.14 bits per heavy atom. The normalized spacial score (nSPS) is 10.6. The molecule has 0 atom stereocenters. The molecule has 0 aliphatic rings. The Bertz CT molecular complexity index is 770. The van der Waals surface area contributed by atoms with E-state index in [2.05, 4.69) is 42.1 Å². The Morgan fingerprint density at radius 1 is 0.905 bits per heavy atom. The summed E-state index contributed by atoms with van der Waals surface area (Å²) in [5.74, 6) is 1.71. The van der Waals surface area contributed by atoms with E-state index in [1.165, 1.54) is 0 Å². The molecule has 0 radical (unpaired) electrons. The molecule has 0 N–H and O–H groups in total. The molecule has 3 rings (SSSR count). The first kappa shape index (κ1) is 14.3. The highest BCUT2D eigenvalue weighted by Crippen LogP contribution is 2.31. The van der Waals surface area contributed by atoms with Gasteiger partial charge in [0.05, 0.1) is 11.6 Å². The van der Waals surface area contributed by atoms with Crippen LogP contribution in [0.4, 0.5) is 0 Å². The van der Waals surface area contributed by atoms with Crippen LogP contribution in [-0.4, -0.2) is 17.3 Å². The third-order valence-corrected chi connectivity index (χ3v) is 4.06. The molecular formula is C15H10Br2N2O2. The van der Waals surface area contributed by atoms with Gasteiger partial charge >= 0.3 is 0 Å². The van der Waals surface area contributed by atoms with E-state index < -0.39 is 0 Å². The predicted molar refractivity (Wildman–Crippen MR) is 87.1 cm³/mol. The third-order valence-electron chi connectivity index (χ3n) is 2.91. The maximum absolute atomic E-state index is 5.72. The minimum Gasteiger partial charge on any atom is -0.496 e. The fourth-order valence-electron chi connectivity index (χ4n) is 1.85. The van der Waals surface area contributed by atoms with Crippen molar-refractivity contribution in [3.05, 3.63) is 51.4 Å². The van der Waals surface area contributed by atoms with Gasteiger partial charge in [0.25, 0.3) is 0 Å². The molecule has 4 nitrogen and oxygen atoms in total. The fourth-order valence-corrected chi connectivity index (χ4v) is 2.65. The lowest BCUT2D eigenvalue weighted by molar-refractivity contribution is 0.412. The highest BCUT2D eigenvalue weighted by atomic mass is 79.9. The van der Waals surface area contributed by atoms with Gasteiger partial charge in [-0.25, -0.2) is 0 Å². The van der Waals surface area contributed by atoms with Crippen molar-refractivity contribution in [3.8, 4) is 28.7 Å². The van der Waals surface area contributed by atoms with E-state index in [1.54, 1.807) is 7.11 Å². The summed E-state index contributed by atoms with van der Waals surface area (Å²) >= 11 is 6.84. The lowest BCUT2D eigenvalue weighted by atomic mass is 10.2. The van der Waals surface area contributed by atoms with Crippen molar-refractivity contribution in [3.63, 3.8) is 0 Å². The Kier molecular flexibility index (Phi) is 4.07. The first-order valence-electron chi connectivity index (χ1n) is 6.11. The molecule has 0 aliphatic heterocycles. The Labute approximate surface area is 138 Å². The van der Waals surface area contributed by atoms with Gasteiger partial charge in [-0.15, -0.1) is 10.2 Å². The summed E-state index contributed by atoms with van der Waals surface area (Å²) in [6, 6.07) is 13.3. The molecule has 0 amide bonds. The number of rotatable bonds is 3. The molecule has 106 valence electrons. The van der Waals surface area contributed by atoms with E-state index >= 15 is 0 Å². The maximum atomic E-state index is 5.72. The van der Waals surface area contributed by atoms with E-state index in [0.717, 1.165) is 25.8 Å². The summed E-state index contributed by atoms with van der Waals surface area (Å²) in [5.41, 5.74) is 1.71. The zero-order valence-corrected chi connectivity index (χ0v) is 14.2. The van der Waals surface area contributed by atoms with Crippen LogP contribution >= 0.6 is 31.9 Å². The minimum absolute atomic E-state index is 0.469. The highest BCUT2D eigenvalue weighted by molar-refractivity contribution is 9.10. The SMILES string of the molecule is COc1ccc(-c2nnc(-c3ccc(Br)cc3)o2)cc1Br. The number of benzene rings is 2. The van der Waals surface area contributed by atoms with Crippen molar-refractivity contribution in [2.45, 2.75) is 0 Å². The lowest BCUT2D eigenvalue weighted by Gasteiger charge is -2.03. The topological polar surface area (TPSA) is 48.2 Å². The van der Waals surface area contributed by atoms with Crippen molar-refractivity contribution < 1.29 is 9.15 Å². The maximum Gasteiger partial charge on any atom is 0.248 e. The first-order chi connectivity index (χ1) is 10.2. The summed E-state index contributed by atoms with van der Waals surface area (Å²) in [6.07, 6.45) is 0. The molecule has 0 saturated heterocycles. The van der Waals surface area contributed by atoms with Crippen LogP contribution in [0.3, 0.4) is 0 Å². The van der Waals surface area contributed by atoms with Crippen molar-refractivity contribution in [2.24, 2.45) is 0 Å². The zero-order valence-electron chi connectivity index (χ0n) is 11.0. The van der Waals surface area contributed by atoms with Crippen LogP contribution in [0.5, 0.6) is 5.75 Å². The number of ether oxygens (including phenoxy) is 1. The van der Waals surface area contributed by atoms with Crippen LogP contribution in [0.15, 0.2) is 55.8 Å². The van der Waals surface area contributed by atoms with E-state index in [9.17, 15) is 0 Å². The van der Waals surface area contributed by atoms with Crippen LogP contribution in [-0.2, 0) is 0 Å². The van der Waals surface area contributed by atoms with E-state index in [0.29, 0.717) is 11.8 Å². The highest BCUT2D eigenvalue weighted by Gasteiger charge is 2.12. The summed E-state index contributed by atoms with van der Waals surface area (Å²) in [7, 11) is 1.62. The quantitative estimate of drug-likeness (QED) is 0.614. The molecular weight excluding hydrogens is 400 g/mol. The van der Waals surface area contributed by atoms with E-state index in [4.69, 9.17) is 9.15 Å². The lowest BCUT2D eigenvalue weighted by Crippen LogP contribution is -1.85. The predicted octanol–water partition coefficient (Wildman–Crippen LogP) is 4.94. The van der Waals surface area contributed by atoms with Gasteiger partial charge in [0.15, 0.2) is 0 Å². The summed E-state index contributed by atoms with van der Waals surface area (Å²) < 4.78 is 12.8. The van der Waals surface area contributed by atoms with Crippen molar-refractivity contribution in [1.82, 2.24) is 10.2 Å². The Hall–Kier alpha value is -1.66. The summed E-state index contributed by atoms with van der Waals surface area (Å²) in [4.78, 5) is 0. The molecule has 6 heteroatoms. The van der Waals surface area contributed by atoms with Gasteiger partial charge in [0.2, 0.25) is 11.8 Å². The van der Waals surface area contributed by atoms with Gasteiger partial charge in [-0.2, -0.15) is 0 Å². The number of hydrogen-bond acceptors (Lipinski definition) is 4. The van der Waals surface area contributed by atoms with Crippen LogP contribution in [0.2, 0.25) is 0 Å². The number of hydrogen-bond donors (Lipinski definition) is 0. The summed E-state index contributed by atoms with van der Waals surface area (Å²) in [6.45, 7) is 0. The molecule has 0 saturated carbocycles. The van der Waals surface area contributed by atoms with Gasteiger partial charge in [-0.1, -0.05) is 15.9 Å². The van der Waals surface area contributed by atoms with Gasteiger partial charge in [-0.05, 0) is 58.4 Å². The van der Waals surface area contributed by atoms with E-state index in [1.807, 2.05) is 42.5 Å². The molecule has 0 spiro atoms. The molecule has 1 heterocycles. The standard InChI is InChI=1S/C15H10Br2N2O2/c1-20-13-7-4-10(8-12(13)17)15-19-18-14(21-15)9-2-5-11(16)6-3-9/h2-8H,1H3. The largest absolute Gasteiger partial charge is 0.496 e. The molecule has 3 aromatic rings. The fraction of sp³-hybridized carbons (Fsp3) is 0.0667. The van der Waals surface area contributed by atoms with Crippen LogP contribution < -0.4 is 4.74 Å². The van der Waals surface area contributed by atoms with Crippen LogP contribution in [0, 0.1) is 0 Å². The molecule has 2 aromatic carbocycles. The second-order valence-electron chi connectivity index (χ2n) is 4.27. The monoisotopic (exact) mass is 408 g/mol. The van der Waals surface area contributed by atoms with Gasteiger partial charge in [0, 0.05) is 15.6 Å². The van der Waals surface area contributed by atoms with Crippen molar-refractivity contribution in [2.75, 3.05) is 7.11 Å². The number of halogens is 2. The molecule has 0 fully saturated rings. The molecule has 0 unspecified atom stereocenters. The average molecular weight is 410 g/mol. The van der Waals surface area contributed by atoms with Gasteiger partial charge in [0.1, 0.15) is 5.75 Å². The second-order valence-corrected chi connectivity index (χ2v) is 6.04. The number of aromatic nitrogens is 2. The molecule has 21 heavy (non-hydrogen) atoms. The second kappa shape index (κ2) is 5.99. The average Bonchev–Trinajstić information content (AvgIpc) is 2.98. The van der Waals surface area contributed by atoms with Crippen molar-refractivity contribution in [1.29, 1.82) is 0 Å². The van der Waals surface area contributed by atoms with Crippen LogP contribution in [0.25, 0.3) is 22.9 Å². The Balaban J connectivity index is 1.94. The molecule has 0 aliphatic carbocycles. The number of nitrogens with zero attached hydrogens (tertiary/aromatic N) is 2. The first-order valence-corrected chi connectivity index (χ1v) is 7.69. The summed E-state index contributed by atoms with van der Waals surface area (Å²) in [5, 5.41) is 8.18.